The number of halogens is 1. The quantitative estimate of drug-likeness (QED) is 0.832. The lowest BCUT2D eigenvalue weighted by Crippen LogP contribution is -2.33. The molecule has 0 saturated heterocycles. The molecule has 0 unspecified atom stereocenters. The van der Waals surface area contributed by atoms with Crippen molar-refractivity contribution < 1.29 is 19.4 Å². The van der Waals surface area contributed by atoms with E-state index >= 15 is 0 Å². The minimum atomic E-state index is -1.10. The zero-order chi connectivity index (χ0) is 12.8. The highest BCUT2D eigenvalue weighted by Crippen LogP contribution is 2.20. The van der Waals surface area contributed by atoms with Crippen molar-refractivity contribution >= 4 is 23.5 Å². The van der Waals surface area contributed by atoms with Crippen molar-refractivity contribution in [3.63, 3.8) is 0 Å². The number of benzene rings is 1. The van der Waals surface area contributed by atoms with Gasteiger partial charge in [-0.15, -0.1) is 0 Å². The molecule has 0 aromatic heterocycles. The molecule has 0 bridgehead atoms. The summed E-state index contributed by atoms with van der Waals surface area (Å²) in [6.45, 7) is 1.18. The number of hydrogen-bond acceptors (Lipinski definition) is 3. The van der Waals surface area contributed by atoms with Crippen LogP contribution in [-0.4, -0.2) is 30.1 Å². The van der Waals surface area contributed by atoms with E-state index in [9.17, 15) is 9.59 Å². The summed E-state index contributed by atoms with van der Waals surface area (Å²) in [5, 5.41) is 11.2. The van der Waals surface area contributed by atoms with Gasteiger partial charge in [0.25, 0.3) is 5.91 Å². The minimum Gasteiger partial charge on any atom is -0.484 e. The number of aryl methyl sites for hydroxylation is 1. The summed E-state index contributed by atoms with van der Waals surface area (Å²) < 4.78 is 5.17. The lowest BCUT2D eigenvalue weighted by Gasteiger charge is -2.07. The first-order valence-corrected chi connectivity index (χ1v) is 5.24. The Morgan fingerprint density at radius 2 is 2.18 bits per heavy atom. The zero-order valence-corrected chi connectivity index (χ0v) is 9.95. The molecule has 0 aliphatic rings. The molecular weight excluding hydrogens is 246 g/mol. The van der Waals surface area contributed by atoms with Crippen LogP contribution in [0, 0.1) is 6.92 Å². The van der Waals surface area contributed by atoms with Gasteiger partial charge in [0, 0.05) is 5.02 Å². The van der Waals surface area contributed by atoms with Crippen molar-refractivity contribution in [2.75, 3.05) is 13.2 Å². The molecule has 0 aliphatic heterocycles. The number of carbonyl (C=O) groups is 2. The molecule has 2 N–H and O–H groups in total. The molecule has 0 spiro atoms. The molecule has 1 amide bonds. The zero-order valence-electron chi connectivity index (χ0n) is 9.20. The van der Waals surface area contributed by atoms with Crippen molar-refractivity contribution in [3.8, 4) is 5.75 Å². The highest BCUT2D eigenvalue weighted by Gasteiger charge is 2.05. The Labute approximate surface area is 103 Å². The molecule has 0 atom stereocenters. The van der Waals surface area contributed by atoms with Crippen LogP contribution in [-0.2, 0) is 9.59 Å². The highest BCUT2D eigenvalue weighted by atomic mass is 35.5. The predicted octanol–water partition coefficient (Wildman–Crippen LogP) is 1.23. The summed E-state index contributed by atoms with van der Waals surface area (Å²) in [4.78, 5) is 21.3. The van der Waals surface area contributed by atoms with E-state index in [0.717, 1.165) is 5.56 Å². The average Bonchev–Trinajstić information content (AvgIpc) is 2.28. The number of carbonyl (C=O) groups excluding carboxylic acids is 1. The predicted molar refractivity (Wildman–Crippen MR) is 62.3 cm³/mol. The van der Waals surface area contributed by atoms with Crippen LogP contribution in [0.5, 0.6) is 5.75 Å². The molecule has 0 aliphatic carbocycles. The van der Waals surface area contributed by atoms with Gasteiger partial charge in [-0.05, 0) is 30.7 Å². The summed E-state index contributed by atoms with van der Waals surface area (Å²) >= 11 is 5.83. The van der Waals surface area contributed by atoms with Gasteiger partial charge < -0.3 is 15.2 Å². The maximum Gasteiger partial charge on any atom is 0.322 e. The van der Waals surface area contributed by atoms with Crippen molar-refractivity contribution in [2.24, 2.45) is 0 Å². The number of carboxylic acids is 1. The Balaban J connectivity index is 2.42. The van der Waals surface area contributed by atoms with Gasteiger partial charge in [-0.2, -0.15) is 0 Å². The molecule has 0 saturated carbocycles. The Morgan fingerprint density at radius 1 is 1.47 bits per heavy atom. The molecule has 5 nitrogen and oxygen atoms in total. The third kappa shape index (κ3) is 4.74. The molecule has 0 radical (unpaired) electrons. The lowest BCUT2D eigenvalue weighted by atomic mass is 10.2. The normalized spacial score (nSPS) is 9.76. The van der Waals surface area contributed by atoms with Crippen LogP contribution < -0.4 is 10.1 Å². The monoisotopic (exact) mass is 257 g/mol. The number of hydrogen-bond donors (Lipinski definition) is 2. The first-order valence-electron chi connectivity index (χ1n) is 4.86. The fraction of sp³-hybridized carbons (Fsp3) is 0.273. The SMILES string of the molecule is Cc1cc(OCC(=O)NCC(=O)O)ccc1Cl. The van der Waals surface area contributed by atoms with Crippen LogP contribution in [0.2, 0.25) is 5.02 Å². The maximum atomic E-state index is 11.1. The molecule has 1 aromatic carbocycles. The number of ether oxygens (including phenoxy) is 1. The lowest BCUT2D eigenvalue weighted by molar-refractivity contribution is -0.138. The first kappa shape index (κ1) is 13.3. The van der Waals surface area contributed by atoms with Gasteiger partial charge in [0.2, 0.25) is 0 Å². The fourth-order valence-corrected chi connectivity index (χ4v) is 1.20. The molecule has 92 valence electrons. The maximum absolute atomic E-state index is 11.1. The summed E-state index contributed by atoms with van der Waals surface area (Å²) in [6.07, 6.45) is 0. The van der Waals surface area contributed by atoms with E-state index < -0.39 is 18.4 Å². The molecule has 17 heavy (non-hydrogen) atoms. The van der Waals surface area contributed by atoms with Gasteiger partial charge in [-0.1, -0.05) is 11.6 Å². The second-order valence-corrected chi connectivity index (χ2v) is 3.78. The summed E-state index contributed by atoms with van der Waals surface area (Å²) in [5.41, 5.74) is 0.843. The molecule has 0 heterocycles. The number of nitrogens with one attached hydrogen (secondary N) is 1. The number of amides is 1. The van der Waals surface area contributed by atoms with Gasteiger partial charge >= 0.3 is 5.97 Å². The fourth-order valence-electron chi connectivity index (χ4n) is 1.08. The Kier molecular flexibility index (Phi) is 4.78. The topological polar surface area (TPSA) is 75.6 Å². The second kappa shape index (κ2) is 6.10. The van der Waals surface area contributed by atoms with E-state index in [2.05, 4.69) is 5.32 Å². The first-order chi connectivity index (χ1) is 7.99. The average molecular weight is 258 g/mol. The van der Waals surface area contributed by atoms with Gasteiger partial charge in [-0.3, -0.25) is 9.59 Å². The summed E-state index contributed by atoms with van der Waals surface area (Å²) in [6, 6.07) is 5.01. The van der Waals surface area contributed by atoms with Gasteiger partial charge in [0.1, 0.15) is 12.3 Å². The van der Waals surface area contributed by atoms with Crippen molar-refractivity contribution in [1.29, 1.82) is 0 Å². The summed E-state index contributed by atoms with van der Waals surface area (Å²) in [5.74, 6) is -1.07. The highest BCUT2D eigenvalue weighted by molar-refractivity contribution is 6.31. The third-order valence-electron chi connectivity index (χ3n) is 1.94. The van der Waals surface area contributed by atoms with E-state index in [1.165, 1.54) is 0 Å². The van der Waals surface area contributed by atoms with Crippen molar-refractivity contribution in [2.45, 2.75) is 6.92 Å². The van der Waals surface area contributed by atoms with E-state index in [4.69, 9.17) is 21.4 Å². The van der Waals surface area contributed by atoms with Gasteiger partial charge in [0.05, 0.1) is 0 Å². The third-order valence-corrected chi connectivity index (χ3v) is 2.36. The second-order valence-electron chi connectivity index (χ2n) is 3.37. The Morgan fingerprint density at radius 3 is 2.76 bits per heavy atom. The molecule has 1 rings (SSSR count). The van der Waals surface area contributed by atoms with E-state index in [0.29, 0.717) is 10.8 Å². The van der Waals surface area contributed by atoms with Crippen LogP contribution in [0.15, 0.2) is 18.2 Å². The van der Waals surface area contributed by atoms with Crippen LogP contribution in [0.3, 0.4) is 0 Å². The van der Waals surface area contributed by atoms with Crippen molar-refractivity contribution in [3.05, 3.63) is 28.8 Å². The Bertz CT molecular complexity index is 433. The smallest absolute Gasteiger partial charge is 0.322 e. The number of carboxylic acid groups (broad SMARTS) is 1. The summed E-state index contributed by atoms with van der Waals surface area (Å²) in [7, 11) is 0. The van der Waals surface area contributed by atoms with E-state index in [1.807, 2.05) is 6.92 Å². The van der Waals surface area contributed by atoms with Gasteiger partial charge in [-0.25, -0.2) is 0 Å². The Hall–Kier alpha value is -1.75. The van der Waals surface area contributed by atoms with Crippen LogP contribution >= 0.6 is 11.6 Å². The standard InChI is InChI=1S/C11H12ClNO4/c1-7-4-8(2-3-9(7)12)17-6-10(14)13-5-11(15)16/h2-4H,5-6H2,1H3,(H,13,14)(H,15,16). The largest absolute Gasteiger partial charge is 0.484 e. The van der Waals surface area contributed by atoms with E-state index in [1.54, 1.807) is 18.2 Å². The van der Waals surface area contributed by atoms with E-state index in [-0.39, 0.29) is 6.61 Å². The number of rotatable bonds is 5. The molecule has 1 aromatic rings. The van der Waals surface area contributed by atoms with Crippen LogP contribution in [0.25, 0.3) is 0 Å². The molecule has 0 fully saturated rings. The van der Waals surface area contributed by atoms with Gasteiger partial charge in [0.15, 0.2) is 6.61 Å². The molecular formula is C11H12ClNO4. The number of aliphatic carboxylic acids is 1. The minimum absolute atomic E-state index is 0.228. The molecule has 6 heteroatoms. The van der Waals surface area contributed by atoms with Crippen molar-refractivity contribution in [1.82, 2.24) is 5.32 Å². The van der Waals surface area contributed by atoms with Crippen LogP contribution in [0.1, 0.15) is 5.56 Å². The van der Waals surface area contributed by atoms with Crippen LogP contribution in [0.4, 0.5) is 0 Å².